The van der Waals surface area contributed by atoms with E-state index in [2.05, 4.69) is 15.3 Å². The molecule has 3 rings (SSSR count). The Morgan fingerprint density at radius 3 is 2.50 bits per heavy atom. The minimum absolute atomic E-state index is 0.0119. The molecule has 6 nitrogen and oxygen atoms in total. The van der Waals surface area contributed by atoms with E-state index >= 15 is 0 Å². The van der Waals surface area contributed by atoms with Crippen molar-refractivity contribution in [1.29, 1.82) is 0 Å². The van der Waals surface area contributed by atoms with Gasteiger partial charge in [0.25, 0.3) is 5.69 Å². The minimum Gasteiger partial charge on any atom is -0.334 e. The summed E-state index contributed by atoms with van der Waals surface area (Å²) in [4.78, 5) is 18.2. The van der Waals surface area contributed by atoms with E-state index in [9.17, 15) is 27.7 Å². The quantitative estimate of drug-likeness (QED) is 0.261. The molecule has 2 aromatic carbocycles. The van der Waals surface area contributed by atoms with Gasteiger partial charge in [0.2, 0.25) is 0 Å². The van der Waals surface area contributed by atoms with Gasteiger partial charge in [0.15, 0.2) is 5.82 Å². The maximum absolute atomic E-state index is 13.3. The summed E-state index contributed by atoms with van der Waals surface area (Å²) in [6.45, 7) is 0. The van der Waals surface area contributed by atoms with Crippen LogP contribution in [-0.4, -0.2) is 14.9 Å². The molecule has 0 bridgehead atoms. The molecular weight excluding hydrogens is 404 g/mol. The molecule has 0 aliphatic rings. The van der Waals surface area contributed by atoms with Gasteiger partial charge < -0.3 is 5.32 Å². The lowest BCUT2D eigenvalue weighted by molar-refractivity contribution is -0.384. The number of nitro groups is 1. The molecule has 0 atom stereocenters. The summed E-state index contributed by atoms with van der Waals surface area (Å²) < 4.78 is 52.0. The molecule has 1 N–H and O–H groups in total. The van der Waals surface area contributed by atoms with Crippen molar-refractivity contribution in [1.82, 2.24) is 9.97 Å². The second kappa shape index (κ2) is 7.39. The Morgan fingerprint density at radius 1 is 1.07 bits per heavy atom. The van der Waals surface area contributed by atoms with Gasteiger partial charge in [-0.1, -0.05) is 23.7 Å². The third kappa shape index (κ3) is 4.34. The first-order valence-corrected chi connectivity index (χ1v) is 7.94. The summed E-state index contributed by atoms with van der Waals surface area (Å²) in [6, 6.07) is 8.40. The van der Waals surface area contributed by atoms with Crippen LogP contribution >= 0.6 is 11.6 Å². The molecule has 1 heterocycles. The molecule has 0 aliphatic heterocycles. The van der Waals surface area contributed by atoms with E-state index in [1.807, 2.05) is 0 Å². The zero-order chi connectivity index (χ0) is 20.5. The van der Waals surface area contributed by atoms with Crippen LogP contribution in [0.3, 0.4) is 0 Å². The zero-order valence-electron chi connectivity index (χ0n) is 13.7. The van der Waals surface area contributed by atoms with Crippen molar-refractivity contribution in [3.8, 4) is 11.4 Å². The molecule has 0 saturated carbocycles. The molecule has 144 valence electrons. The number of rotatable bonds is 4. The number of alkyl halides is 3. The van der Waals surface area contributed by atoms with E-state index in [1.165, 1.54) is 18.2 Å². The molecule has 0 radical (unpaired) electrons. The lowest BCUT2D eigenvalue weighted by Gasteiger charge is -2.10. The number of benzene rings is 2. The highest BCUT2D eigenvalue weighted by Gasteiger charge is 2.30. The predicted octanol–water partition coefficient (Wildman–Crippen LogP) is 5.61. The van der Waals surface area contributed by atoms with Gasteiger partial charge >= 0.3 is 6.18 Å². The molecular formula is C17H9ClF4N4O2. The van der Waals surface area contributed by atoms with Gasteiger partial charge in [-0.25, -0.2) is 14.4 Å². The fourth-order valence-electron chi connectivity index (χ4n) is 2.34. The van der Waals surface area contributed by atoms with E-state index in [4.69, 9.17) is 11.6 Å². The second-order valence-electron chi connectivity index (χ2n) is 5.52. The van der Waals surface area contributed by atoms with E-state index in [0.717, 1.165) is 30.3 Å². The summed E-state index contributed by atoms with van der Waals surface area (Å²) in [7, 11) is 0. The summed E-state index contributed by atoms with van der Waals surface area (Å²) in [5, 5.41) is 13.6. The normalized spacial score (nSPS) is 11.3. The average molecular weight is 413 g/mol. The second-order valence-corrected chi connectivity index (χ2v) is 5.91. The van der Waals surface area contributed by atoms with Crippen LogP contribution in [-0.2, 0) is 6.18 Å². The Labute approximate surface area is 160 Å². The lowest BCUT2D eigenvalue weighted by Crippen LogP contribution is -2.05. The third-order valence-electron chi connectivity index (χ3n) is 3.56. The molecule has 0 saturated heterocycles. The highest BCUT2D eigenvalue weighted by atomic mass is 35.5. The fraction of sp³-hybridized carbons (Fsp3) is 0.0588. The van der Waals surface area contributed by atoms with Crippen LogP contribution < -0.4 is 5.32 Å². The lowest BCUT2D eigenvalue weighted by atomic mass is 10.1. The van der Waals surface area contributed by atoms with Gasteiger partial charge in [-0.3, -0.25) is 10.1 Å². The van der Waals surface area contributed by atoms with Crippen molar-refractivity contribution in [3.63, 3.8) is 0 Å². The Hall–Kier alpha value is -3.27. The molecule has 11 heteroatoms. The van der Waals surface area contributed by atoms with Crippen molar-refractivity contribution in [3.05, 3.63) is 75.2 Å². The van der Waals surface area contributed by atoms with Gasteiger partial charge in [-0.05, 0) is 24.3 Å². The molecule has 0 fully saturated rings. The molecule has 0 aliphatic carbocycles. The van der Waals surface area contributed by atoms with E-state index in [-0.39, 0.29) is 28.0 Å². The minimum atomic E-state index is -4.55. The summed E-state index contributed by atoms with van der Waals surface area (Å²) in [5.41, 5.74) is -1.46. The van der Waals surface area contributed by atoms with Gasteiger partial charge in [-0.15, -0.1) is 0 Å². The van der Waals surface area contributed by atoms with Crippen molar-refractivity contribution < 1.29 is 22.5 Å². The first-order chi connectivity index (χ1) is 13.1. The molecule has 0 unspecified atom stereocenters. The molecule has 0 spiro atoms. The first kappa shape index (κ1) is 19.5. The van der Waals surface area contributed by atoms with Crippen LogP contribution in [0.4, 0.5) is 34.8 Å². The number of anilines is 2. The van der Waals surface area contributed by atoms with E-state index in [0.29, 0.717) is 0 Å². The largest absolute Gasteiger partial charge is 0.416 e. The van der Waals surface area contributed by atoms with Gasteiger partial charge in [0, 0.05) is 11.6 Å². The third-order valence-corrected chi connectivity index (χ3v) is 3.76. The SMILES string of the molecule is O=[N+]([O-])c1cc(F)ccc1Nc1cc(Cl)nc(-c2cccc(C(F)(F)F)c2)n1. The van der Waals surface area contributed by atoms with Crippen LogP contribution in [0.25, 0.3) is 11.4 Å². The maximum Gasteiger partial charge on any atom is 0.416 e. The number of hydrogen-bond acceptors (Lipinski definition) is 5. The van der Waals surface area contributed by atoms with Crippen LogP contribution in [0.5, 0.6) is 0 Å². The number of nitrogens with zero attached hydrogens (tertiary/aromatic N) is 3. The standard InChI is InChI=1S/C17H9ClF4N4O2/c18-14-8-15(23-12-5-4-11(19)7-13(12)26(27)28)25-16(24-14)9-2-1-3-10(6-9)17(20,21)22/h1-8H,(H,23,24,25). The smallest absolute Gasteiger partial charge is 0.334 e. The monoisotopic (exact) mass is 412 g/mol. The highest BCUT2D eigenvalue weighted by Crippen LogP contribution is 2.33. The van der Waals surface area contributed by atoms with Crippen molar-refractivity contribution in [2.75, 3.05) is 5.32 Å². The Morgan fingerprint density at radius 2 is 1.82 bits per heavy atom. The summed E-state index contributed by atoms with van der Waals surface area (Å²) >= 11 is 5.92. The molecule has 28 heavy (non-hydrogen) atoms. The fourth-order valence-corrected chi connectivity index (χ4v) is 2.53. The zero-order valence-corrected chi connectivity index (χ0v) is 14.4. The number of nitrogens with one attached hydrogen (secondary N) is 1. The van der Waals surface area contributed by atoms with E-state index < -0.39 is 28.2 Å². The molecule has 0 amide bonds. The van der Waals surface area contributed by atoms with Crippen molar-refractivity contribution in [2.24, 2.45) is 0 Å². The van der Waals surface area contributed by atoms with Crippen molar-refractivity contribution >= 4 is 28.8 Å². The molecule has 1 aromatic heterocycles. The summed E-state index contributed by atoms with van der Waals surface area (Å²) in [5.74, 6) is -0.935. The summed E-state index contributed by atoms with van der Waals surface area (Å²) in [6.07, 6.45) is -4.55. The predicted molar refractivity (Wildman–Crippen MR) is 93.8 cm³/mol. The van der Waals surface area contributed by atoms with Gasteiger partial charge in [0.05, 0.1) is 16.6 Å². The number of halogens is 5. The topological polar surface area (TPSA) is 81.0 Å². The maximum atomic E-state index is 13.3. The van der Waals surface area contributed by atoms with Crippen LogP contribution in [0, 0.1) is 15.9 Å². The Bertz CT molecular complexity index is 1060. The first-order valence-electron chi connectivity index (χ1n) is 7.56. The van der Waals surface area contributed by atoms with Crippen LogP contribution in [0.15, 0.2) is 48.5 Å². The van der Waals surface area contributed by atoms with Crippen molar-refractivity contribution in [2.45, 2.75) is 6.18 Å². The highest BCUT2D eigenvalue weighted by molar-refractivity contribution is 6.29. The number of aromatic nitrogens is 2. The van der Waals surface area contributed by atoms with Gasteiger partial charge in [-0.2, -0.15) is 13.2 Å². The van der Waals surface area contributed by atoms with Crippen LogP contribution in [0.1, 0.15) is 5.56 Å². The molecule has 3 aromatic rings. The average Bonchev–Trinajstić information content (AvgIpc) is 2.62. The van der Waals surface area contributed by atoms with Gasteiger partial charge in [0.1, 0.15) is 22.5 Å². The van der Waals surface area contributed by atoms with Crippen LogP contribution in [0.2, 0.25) is 5.15 Å². The Balaban J connectivity index is 2.01. The van der Waals surface area contributed by atoms with E-state index in [1.54, 1.807) is 0 Å². The number of hydrogen-bond donors (Lipinski definition) is 1. The Kier molecular flexibility index (Phi) is 5.14. The number of nitro benzene ring substituents is 1.